The molecule has 214 valence electrons. The van der Waals surface area contributed by atoms with E-state index in [2.05, 4.69) is 20.5 Å². The molecule has 12 heteroatoms. The largest absolute Gasteiger partial charge is 0.494 e. The second-order valence-electron chi connectivity index (χ2n) is 10.7. The lowest BCUT2D eigenvalue weighted by Gasteiger charge is -2.28. The molecule has 3 aromatic heterocycles. The van der Waals surface area contributed by atoms with E-state index in [1.807, 2.05) is 18.2 Å². The van der Waals surface area contributed by atoms with Crippen molar-refractivity contribution in [1.82, 2.24) is 25.5 Å². The standard InChI is InChI=1S/C30H27FN6O5/c1-41-22-4-2-18-15-37(28(39)26(18)27(22)31)16-30(14-25(38)35-29(30)40)23-13-20-21(42-23)5-3-19(34-20)17-6-7-33-24(12-17)36-10-8-32-9-11-36/h2-7,12-13,32H,8-11,14-16H2,1H3,(H,35,38,40)/t30-/m1/s1. The van der Waals surface area contributed by atoms with Gasteiger partial charge in [-0.25, -0.2) is 14.4 Å². The van der Waals surface area contributed by atoms with E-state index < -0.39 is 29.0 Å². The summed E-state index contributed by atoms with van der Waals surface area (Å²) in [7, 11) is 1.33. The zero-order valence-electron chi connectivity index (χ0n) is 22.8. The van der Waals surface area contributed by atoms with Crippen molar-refractivity contribution in [3.8, 4) is 17.0 Å². The Morgan fingerprint density at radius 2 is 1.93 bits per heavy atom. The number of carbonyl (C=O) groups is 3. The Morgan fingerprint density at radius 3 is 2.69 bits per heavy atom. The van der Waals surface area contributed by atoms with Crippen LogP contribution in [-0.4, -0.2) is 72.4 Å². The number of ether oxygens (including phenoxy) is 1. The van der Waals surface area contributed by atoms with Gasteiger partial charge in [0.05, 0.1) is 24.8 Å². The Bertz CT molecular complexity index is 1770. The van der Waals surface area contributed by atoms with Crippen LogP contribution in [0.2, 0.25) is 0 Å². The quantitative estimate of drug-likeness (QED) is 0.336. The number of fused-ring (bicyclic) bond motifs is 2. The monoisotopic (exact) mass is 570 g/mol. The maximum absolute atomic E-state index is 15.0. The lowest BCUT2D eigenvalue weighted by Crippen LogP contribution is -2.46. The lowest BCUT2D eigenvalue weighted by molar-refractivity contribution is -0.127. The van der Waals surface area contributed by atoms with Crippen LogP contribution in [0.1, 0.15) is 28.1 Å². The molecule has 11 nitrogen and oxygen atoms in total. The van der Waals surface area contributed by atoms with Crippen LogP contribution in [0.25, 0.3) is 22.4 Å². The number of aromatic nitrogens is 2. The number of furan rings is 1. The first-order valence-electron chi connectivity index (χ1n) is 13.7. The van der Waals surface area contributed by atoms with E-state index in [4.69, 9.17) is 14.1 Å². The number of methoxy groups -OCH3 is 1. The number of amides is 3. The van der Waals surface area contributed by atoms with Gasteiger partial charge in [-0.05, 0) is 35.9 Å². The molecule has 1 atom stereocenters. The summed E-state index contributed by atoms with van der Waals surface area (Å²) in [5.74, 6) is -1.35. The smallest absolute Gasteiger partial charge is 0.257 e. The fourth-order valence-electron chi connectivity index (χ4n) is 6.02. The minimum atomic E-state index is -1.50. The zero-order chi connectivity index (χ0) is 29.0. The summed E-state index contributed by atoms with van der Waals surface area (Å²) in [5.41, 5.74) is 1.40. The summed E-state index contributed by atoms with van der Waals surface area (Å²) in [5, 5.41) is 5.70. The van der Waals surface area contributed by atoms with Gasteiger partial charge in [-0.3, -0.25) is 19.7 Å². The van der Waals surface area contributed by atoms with Gasteiger partial charge in [0.25, 0.3) is 5.91 Å². The van der Waals surface area contributed by atoms with E-state index >= 15 is 0 Å². The van der Waals surface area contributed by atoms with Crippen LogP contribution in [0.3, 0.4) is 0 Å². The molecule has 0 radical (unpaired) electrons. The number of piperazine rings is 1. The normalized spacial score (nSPS) is 20.4. The third-order valence-corrected chi connectivity index (χ3v) is 8.21. The zero-order valence-corrected chi connectivity index (χ0v) is 22.8. The van der Waals surface area contributed by atoms with Crippen molar-refractivity contribution in [1.29, 1.82) is 0 Å². The molecule has 0 saturated carbocycles. The van der Waals surface area contributed by atoms with Gasteiger partial charge in [-0.15, -0.1) is 0 Å². The highest BCUT2D eigenvalue weighted by Crippen LogP contribution is 2.40. The summed E-state index contributed by atoms with van der Waals surface area (Å²) in [6, 6.07) is 12.2. The number of carbonyl (C=O) groups excluding carboxylic acids is 3. The number of imide groups is 1. The van der Waals surface area contributed by atoms with Crippen LogP contribution in [0, 0.1) is 5.82 Å². The highest BCUT2D eigenvalue weighted by molar-refractivity contribution is 6.10. The molecule has 3 amide bonds. The summed E-state index contributed by atoms with van der Waals surface area (Å²) in [6.45, 7) is 3.42. The van der Waals surface area contributed by atoms with Crippen molar-refractivity contribution in [2.45, 2.75) is 18.4 Å². The van der Waals surface area contributed by atoms with Crippen LogP contribution in [-0.2, 0) is 21.5 Å². The molecule has 1 aromatic carbocycles. The molecule has 42 heavy (non-hydrogen) atoms. The molecule has 2 saturated heterocycles. The first-order valence-corrected chi connectivity index (χ1v) is 13.7. The molecule has 3 aliphatic heterocycles. The lowest BCUT2D eigenvalue weighted by atomic mass is 9.82. The number of benzene rings is 1. The van der Waals surface area contributed by atoms with Crippen molar-refractivity contribution in [2.24, 2.45) is 0 Å². The molecule has 2 fully saturated rings. The van der Waals surface area contributed by atoms with E-state index in [-0.39, 0.29) is 36.6 Å². The van der Waals surface area contributed by atoms with E-state index in [9.17, 15) is 18.8 Å². The SMILES string of the molecule is COc1ccc2c(c1F)C(=O)N(C[C@@]1(c3cc4nc(-c5ccnc(N6CCNCC6)c5)ccc4o3)CC(=O)NC1=O)C2. The first-order chi connectivity index (χ1) is 20.4. The van der Waals surface area contributed by atoms with Crippen molar-refractivity contribution in [3.63, 3.8) is 0 Å². The second-order valence-corrected chi connectivity index (χ2v) is 10.7. The van der Waals surface area contributed by atoms with E-state index in [0.717, 1.165) is 37.6 Å². The summed E-state index contributed by atoms with van der Waals surface area (Å²) < 4.78 is 26.1. The van der Waals surface area contributed by atoms with Gasteiger partial charge in [0.15, 0.2) is 17.1 Å². The predicted octanol–water partition coefficient (Wildman–Crippen LogP) is 2.39. The molecule has 3 aliphatic rings. The second kappa shape index (κ2) is 9.91. The van der Waals surface area contributed by atoms with E-state index in [1.54, 1.807) is 24.4 Å². The third-order valence-electron chi connectivity index (χ3n) is 8.21. The summed E-state index contributed by atoms with van der Waals surface area (Å²) in [6.07, 6.45) is 1.54. The maximum atomic E-state index is 15.0. The van der Waals surface area contributed by atoms with Crippen molar-refractivity contribution < 1.29 is 27.9 Å². The van der Waals surface area contributed by atoms with Gasteiger partial charge in [0.2, 0.25) is 11.8 Å². The minimum absolute atomic E-state index is 0.0409. The number of nitrogens with one attached hydrogen (secondary N) is 2. The molecule has 0 spiro atoms. The molecule has 0 aliphatic carbocycles. The summed E-state index contributed by atoms with van der Waals surface area (Å²) >= 11 is 0. The van der Waals surface area contributed by atoms with Crippen LogP contribution in [0.15, 0.2) is 53.1 Å². The average molecular weight is 571 g/mol. The molecular formula is C30H27FN6O5. The Labute approximate surface area is 239 Å². The van der Waals surface area contributed by atoms with Gasteiger partial charge in [-0.2, -0.15) is 0 Å². The number of pyridine rings is 2. The number of halogens is 1. The molecule has 0 bridgehead atoms. The Hall–Kier alpha value is -4.84. The van der Waals surface area contributed by atoms with Gasteiger partial charge in [0, 0.05) is 57.1 Å². The Morgan fingerprint density at radius 1 is 1.10 bits per heavy atom. The fraction of sp³-hybridized carbons (Fsp3) is 0.300. The highest BCUT2D eigenvalue weighted by atomic mass is 19.1. The number of hydrogen-bond donors (Lipinski definition) is 2. The van der Waals surface area contributed by atoms with Crippen LogP contribution in [0.4, 0.5) is 10.2 Å². The number of hydrogen-bond acceptors (Lipinski definition) is 9. The Balaban J connectivity index is 1.22. The number of anilines is 1. The van der Waals surface area contributed by atoms with Gasteiger partial charge >= 0.3 is 0 Å². The fourth-order valence-corrected chi connectivity index (χ4v) is 6.02. The minimum Gasteiger partial charge on any atom is -0.494 e. The Kier molecular flexibility index (Phi) is 6.15. The molecule has 4 aromatic rings. The van der Waals surface area contributed by atoms with Gasteiger partial charge < -0.3 is 24.3 Å². The van der Waals surface area contributed by atoms with Crippen LogP contribution >= 0.6 is 0 Å². The van der Waals surface area contributed by atoms with Crippen molar-refractivity contribution in [2.75, 3.05) is 44.7 Å². The predicted molar refractivity (Wildman–Crippen MR) is 149 cm³/mol. The average Bonchev–Trinajstić information content (AvgIpc) is 3.67. The van der Waals surface area contributed by atoms with E-state index in [1.165, 1.54) is 18.1 Å². The van der Waals surface area contributed by atoms with Crippen molar-refractivity contribution >= 4 is 34.6 Å². The van der Waals surface area contributed by atoms with Gasteiger partial charge in [0.1, 0.15) is 22.5 Å². The van der Waals surface area contributed by atoms with Gasteiger partial charge in [-0.1, -0.05) is 6.07 Å². The molecule has 0 unspecified atom stereocenters. The van der Waals surface area contributed by atoms with Crippen LogP contribution < -0.4 is 20.3 Å². The molecular weight excluding hydrogens is 543 g/mol. The van der Waals surface area contributed by atoms with E-state index in [0.29, 0.717) is 22.4 Å². The maximum Gasteiger partial charge on any atom is 0.257 e. The molecule has 6 heterocycles. The third kappa shape index (κ3) is 4.17. The molecule has 2 N–H and O–H groups in total. The topological polar surface area (TPSA) is 130 Å². The highest BCUT2D eigenvalue weighted by Gasteiger charge is 2.53. The molecule has 7 rings (SSSR count). The van der Waals surface area contributed by atoms with Crippen LogP contribution in [0.5, 0.6) is 5.75 Å². The first kappa shape index (κ1) is 26.1. The summed E-state index contributed by atoms with van der Waals surface area (Å²) in [4.78, 5) is 52.0. The van der Waals surface area contributed by atoms with Crippen molar-refractivity contribution in [3.05, 3.63) is 71.4 Å². The number of nitrogens with zero attached hydrogens (tertiary/aromatic N) is 4. The number of rotatable bonds is 6.